The van der Waals surface area contributed by atoms with Crippen LogP contribution < -0.4 is 0 Å². The van der Waals surface area contributed by atoms with E-state index in [-0.39, 0.29) is 10.8 Å². The molecule has 0 aromatic heterocycles. The topological polar surface area (TPSA) is 40.5 Å². The minimum atomic E-state index is -1.10. The van der Waals surface area contributed by atoms with Gasteiger partial charge in [-0.15, -0.1) is 0 Å². The number of hydrogen-bond donors (Lipinski definition) is 2. The van der Waals surface area contributed by atoms with Gasteiger partial charge in [-0.1, -0.05) is 0 Å². The fourth-order valence-electron chi connectivity index (χ4n) is 7.84. The second-order valence-corrected chi connectivity index (χ2v) is 35.8. The van der Waals surface area contributed by atoms with Gasteiger partial charge in [0.25, 0.3) is 0 Å². The number of aryl methyl sites for hydroxylation is 2. The van der Waals surface area contributed by atoms with Crippen molar-refractivity contribution >= 4 is 14.4 Å². The molecule has 5 heteroatoms. The second kappa shape index (κ2) is 14.5. The summed E-state index contributed by atoms with van der Waals surface area (Å²) in [4.78, 5) is 0. The van der Waals surface area contributed by atoms with Crippen molar-refractivity contribution in [2.75, 3.05) is 0 Å². The van der Waals surface area contributed by atoms with Crippen molar-refractivity contribution in [3.05, 3.63) is 129 Å². The van der Waals surface area contributed by atoms with Gasteiger partial charge < -0.3 is 0 Å². The Morgan fingerprint density at radius 3 is 1.36 bits per heavy atom. The summed E-state index contributed by atoms with van der Waals surface area (Å²) in [6, 6.07) is 30.3. The van der Waals surface area contributed by atoms with Crippen LogP contribution in [0.25, 0.3) is 0 Å². The quantitative estimate of drug-likeness (QED) is 0.174. The van der Waals surface area contributed by atoms with Gasteiger partial charge in [0.1, 0.15) is 0 Å². The van der Waals surface area contributed by atoms with Crippen LogP contribution in [0.5, 0.6) is 11.5 Å². The monoisotopic (exact) mass is 832 g/mol. The molecule has 4 aromatic carbocycles. The first kappa shape index (κ1) is 34.9. The van der Waals surface area contributed by atoms with Crippen molar-refractivity contribution in [2.24, 2.45) is 0 Å². The molecule has 1 fully saturated rings. The van der Waals surface area contributed by atoms with Crippen LogP contribution in [0.2, 0.25) is 0 Å². The van der Waals surface area contributed by atoms with E-state index in [1.807, 2.05) is 0 Å². The average molecular weight is 831 g/mol. The molecule has 0 amide bonds. The third-order valence-corrected chi connectivity index (χ3v) is 39.9. The molecule has 0 spiro atoms. The predicted molar refractivity (Wildman–Crippen MR) is 201 cm³/mol. The van der Waals surface area contributed by atoms with Gasteiger partial charge in [0, 0.05) is 0 Å². The van der Waals surface area contributed by atoms with E-state index in [0.717, 1.165) is 33.1 Å². The molecule has 1 heterocycles. The van der Waals surface area contributed by atoms with E-state index >= 15 is 0 Å². The summed E-state index contributed by atoms with van der Waals surface area (Å²) in [7, 11) is 0.771. The van der Waals surface area contributed by atoms with Crippen LogP contribution in [-0.4, -0.2) is 20.7 Å². The molecule has 1 aliphatic carbocycles. The van der Waals surface area contributed by atoms with E-state index in [0.29, 0.717) is 25.9 Å². The van der Waals surface area contributed by atoms with E-state index in [4.69, 9.17) is 0 Å². The maximum atomic E-state index is 11.9. The van der Waals surface area contributed by atoms with Gasteiger partial charge >= 0.3 is 297 Å². The summed E-state index contributed by atoms with van der Waals surface area (Å²) in [6.07, 6.45) is 8.13. The minimum absolute atomic E-state index is 0.270. The first-order valence-electron chi connectivity index (χ1n) is 17.4. The van der Waals surface area contributed by atoms with Crippen molar-refractivity contribution in [1.82, 2.24) is 0 Å². The third kappa shape index (κ3) is 7.33. The summed E-state index contributed by atoms with van der Waals surface area (Å²) in [5.74, 6) is 3.15. The Hall–Kier alpha value is -1.95. The van der Waals surface area contributed by atoms with Crippen molar-refractivity contribution in [2.45, 2.75) is 113 Å². The normalized spacial score (nSPS) is 21.7. The van der Waals surface area contributed by atoms with Gasteiger partial charge in [0.2, 0.25) is 0 Å². The summed E-state index contributed by atoms with van der Waals surface area (Å²) in [5.41, 5.74) is 8.90. The van der Waals surface area contributed by atoms with Gasteiger partial charge in [0.15, 0.2) is 0 Å². The van der Waals surface area contributed by atoms with Crippen molar-refractivity contribution in [1.29, 1.82) is 0 Å². The van der Waals surface area contributed by atoms with Gasteiger partial charge in [-0.25, -0.2) is 0 Å². The first-order chi connectivity index (χ1) is 22.5. The molecule has 4 aromatic rings. The Balaban J connectivity index is 1.40. The zero-order valence-electron chi connectivity index (χ0n) is 29.1. The molecule has 248 valence electrons. The Bertz CT molecular complexity index is 1690. The van der Waals surface area contributed by atoms with Crippen LogP contribution in [0.15, 0.2) is 84.9 Å². The fraction of sp³-hybridized carbons (Fsp3) is 0.429. The number of hydrogen-bond acceptors (Lipinski definition) is 2. The molecule has 1 saturated carbocycles. The Labute approximate surface area is 295 Å². The first-order valence-corrected chi connectivity index (χ1v) is 29.1. The predicted octanol–water partition coefficient (Wildman–Crippen LogP) is 11.6. The molecular weight excluding hydrogens is 779 g/mol. The van der Waals surface area contributed by atoms with Gasteiger partial charge in [-0.05, 0) is 0 Å². The SMILES string of the molecule is Cc1cc(C[S]2=[Hf]=[S](Cc3cc(C)cc(C(C)(C)c4ccccc4)c3O)[C@H]3CCCCCC[C@@H]32)c(O)c(C(C)(C)c2ccccc2)c1. The Morgan fingerprint density at radius 1 is 0.596 bits per heavy atom. The fourth-order valence-corrected chi connectivity index (χ4v) is 46.9. The molecule has 4 atom stereocenters. The summed E-state index contributed by atoms with van der Waals surface area (Å²) < 4.78 is 0. The Kier molecular flexibility index (Phi) is 10.8. The van der Waals surface area contributed by atoms with Crippen LogP contribution in [0, 0.1) is 13.8 Å². The van der Waals surface area contributed by atoms with Gasteiger partial charge in [-0.2, -0.15) is 0 Å². The molecule has 6 rings (SSSR count). The summed E-state index contributed by atoms with van der Waals surface area (Å²) in [6.45, 7) is 13.4. The van der Waals surface area contributed by atoms with E-state index in [1.165, 1.54) is 71.9 Å². The second-order valence-electron chi connectivity index (χ2n) is 14.9. The molecule has 0 saturated heterocycles. The number of phenolic OH excluding ortho intramolecular Hbond substituents is 2. The van der Waals surface area contributed by atoms with E-state index in [9.17, 15) is 10.2 Å². The zero-order chi connectivity index (χ0) is 33.3. The van der Waals surface area contributed by atoms with E-state index < -0.39 is 18.9 Å². The number of phenols is 2. The van der Waals surface area contributed by atoms with Crippen molar-refractivity contribution in [3.63, 3.8) is 0 Å². The van der Waals surface area contributed by atoms with Crippen LogP contribution in [0.4, 0.5) is 0 Å². The van der Waals surface area contributed by atoms with Crippen molar-refractivity contribution < 1.29 is 29.1 Å². The van der Waals surface area contributed by atoms with E-state index in [1.54, 1.807) is 0 Å². The molecule has 0 radical (unpaired) electrons. The van der Waals surface area contributed by atoms with Crippen LogP contribution in [-0.2, 0) is 41.2 Å². The Morgan fingerprint density at radius 2 is 0.979 bits per heavy atom. The number of aromatic hydroxyl groups is 2. The van der Waals surface area contributed by atoms with Crippen LogP contribution in [0.3, 0.4) is 0 Å². The van der Waals surface area contributed by atoms with Gasteiger partial charge in [0.05, 0.1) is 0 Å². The molecule has 2 nitrogen and oxygen atoms in total. The van der Waals surface area contributed by atoms with Gasteiger partial charge in [-0.3, -0.25) is 0 Å². The maximum absolute atomic E-state index is 11.9. The van der Waals surface area contributed by atoms with Crippen LogP contribution >= 0.6 is 14.4 Å². The molecule has 0 bridgehead atoms. The molecular formula is C42H52HfO2S2. The summed E-state index contributed by atoms with van der Waals surface area (Å²) in [5, 5.41) is 25.4. The van der Waals surface area contributed by atoms with Crippen molar-refractivity contribution in [3.8, 4) is 11.5 Å². The zero-order valence-corrected chi connectivity index (χ0v) is 34.3. The summed E-state index contributed by atoms with van der Waals surface area (Å²) >= 11 is -1.10. The third-order valence-electron chi connectivity index (χ3n) is 10.7. The molecule has 47 heavy (non-hydrogen) atoms. The molecule has 2 aliphatic rings. The standard InChI is InChI=1S/C42H52O2S2.Hf/c1-29-23-31(39(43)35(25-29)41(3,4)33-17-11-9-12-18-33)27-45-37-21-15-7-8-16-22-38(37)46-28-32-24-30(2)26-36(40(32)44)42(5,6)34-19-13-10-14-20-34;/h9-14,17-20,23-26,37-38,43-44H,7-8,15-16,21-22,27-28H2,1-6H3;/t37-,38-;/m0./s1. The van der Waals surface area contributed by atoms with E-state index in [2.05, 4.69) is 126 Å². The molecule has 2 N–H and O–H groups in total. The number of fused-ring (bicyclic) bond motifs is 1. The molecule has 1 aliphatic heterocycles. The average Bonchev–Trinajstić information content (AvgIpc) is 3.34. The van der Waals surface area contributed by atoms with Crippen LogP contribution in [0.1, 0.15) is 111 Å². The number of benzene rings is 4. The number of rotatable bonds is 8. The molecule has 2 unspecified atom stereocenters.